The molecule has 0 bridgehead atoms. The van der Waals surface area contributed by atoms with E-state index >= 15 is 0 Å². The minimum atomic E-state index is 0.781. The van der Waals surface area contributed by atoms with Gasteiger partial charge in [-0.05, 0) is 19.4 Å². The number of aromatic nitrogens is 5. The van der Waals surface area contributed by atoms with Crippen LogP contribution < -0.4 is 10.2 Å². The SMILES string of the molecule is CCc1cc(-c2nc(N3CCNCC3)n[nH]2)n(CC)n1. The van der Waals surface area contributed by atoms with Crippen molar-refractivity contribution in [2.75, 3.05) is 31.1 Å². The number of aryl methyl sites for hydroxylation is 2. The predicted octanol–water partition coefficient (Wildman–Crippen LogP) is 0.660. The van der Waals surface area contributed by atoms with Gasteiger partial charge in [0, 0.05) is 32.7 Å². The molecule has 2 aromatic heterocycles. The zero-order valence-electron chi connectivity index (χ0n) is 12.1. The second-order valence-electron chi connectivity index (χ2n) is 4.91. The lowest BCUT2D eigenvalue weighted by atomic mass is 10.3. The smallest absolute Gasteiger partial charge is 0.245 e. The zero-order chi connectivity index (χ0) is 13.9. The van der Waals surface area contributed by atoms with E-state index in [1.165, 1.54) is 0 Å². The zero-order valence-corrected chi connectivity index (χ0v) is 12.1. The number of rotatable bonds is 4. The third-order valence-electron chi connectivity index (χ3n) is 3.61. The molecule has 3 rings (SSSR count). The fraction of sp³-hybridized carbons (Fsp3) is 0.615. The van der Waals surface area contributed by atoms with Gasteiger partial charge in [-0.1, -0.05) is 6.92 Å². The molecule has 0 aromatic carbocycles. The Bertz CT molecular complexity index is 565. The van der Waals surface area contributed by atoms with E-state index in [2.05, 4.69) is 50.4 Å². The highest BCUT2D eigenvalue weighted by Gasteiger charge is 2.17. The minimum absolute atomic E-state index is 0.781. The second kappa shape index (κ2) is 5.62. The van der Waals surface area contributed by atoms with Gasteiger partial charge in [0.15, 0.2) is 5.82 Å². The van der Waals surface area contributed by atoms with Crippen molar-refractivity contribution in [3.63, 3.8) is 0 Å². The molecular weight excluding hydrogens is 254 g/mol. The van der Waals surface area contributed by atoms with Crippen molar-refractivity contribution in [1.29, 1.82) is 0 Å². The minimum Gasteiger partial charge on any atom is -0.337 e. The van der Waals surface area contributed by atoms with E-state index in [0.29, 0.717) is 0 Å². The van der Waals surface area contributed by atoms with Crippen molar-refractivity contribution in [1.82, 2.24) is 30.3 Å². The first kappa shape index (κ1) is 13.1. The summed E-state index contributed by atoms with van der Waals surface area (Å²) in [6.45, 7) is 8.89. The summed E-state index contributed by atoms with van der Waals surface area (Å²) < 4.78 is 1.97. The van der Waals surface area contributed by atoms with Crippen molar-refractivity contribution in [2.24, 2.45) is 0 Å². The molecule has 0 atom stereocenters. The summed E-state index contributed by atoms with van der Waals surface area (Å²) in [4.78, 5) is 6.83. The van der Waals surface area contributed by atoms with Crippen molar-refractivity contribution in [3.05, 3.63) is 11.8 Å². The number of nitrogens with one attached hydrogen (secondary N) is 2. The number of hydrogen-bond acceptors (Lipinski definition) is 5. The van der Waals surface area contributed by atoms with Crippen molar-refractivity contribution in [2.45, 2.75) is 26.8 Å². The molecule has 20 heavy (non-hydrogen) atoms. The third kappa shape index (κ3) is 2.40. The molecule has 2 N–H and O–H groups in total. The van der Waals surface area contributed by atoms with Gasteiger partial charge in [0.1, 0.15) is 5.69 Å². The fourth-order valence-electron chi connectivity index (χ4n) is 2.45. The Hall–Kier alpha value is -1.89. The first-order chi connectivity index (χ1) is 9.81. The Morgan fingerprint density at radius 3 is 2.75 bits per heavy atom. The van der Waals surface area contributed by atoms with Gasteiger partial charge >= 0.3 is 0 Å². The Morgan fingerprint density at radius 1 is 1.25 bits per heavy atom. The highest BCUT2D eigenvalue weighted by atomic mass is 15.4. The molecule has 7 nitrogen and oxygen atoms in total. The van der Waals surface area contributed by atoms with Crippen LogP contribution in [0.2, 0.25) is 0 Å². The largest absolute Gasteiger partial charge is 0.337 e. The third-order valence-corrected chi connectivity index (χ3v) is 3.61. The monoisotopic (exact) mass is 275 g/mol. The molecule has 108 valence electrons. The standard InChI is InChI=1S/C13H21N7/c1-3-10-9-11(20(4-2)18-10)12-15-13(17-16-12)19-7-5-14-6-8-19/h9,14H,3-8H2,1-2H3,(H,15,16,17). The van der Waals surface area contributed by atoms with Crippen LogP contribution in [0.3, 0.4) is 0 Å². The fourth-order valence-corrected chi connectivity index (χ4v) is 2.45. The molecule has 2 aromatic rings. The summed E-state index contributed by atoms with van der Waals surface area (Å²) in [5.41, 5.74) is 2.10. The molecule has 0 saturated carbocycles. The average Bonchev–Trinajstić information content (AvgIpc) is 3.14. The number of hydrogen-bond donors (Lipinski definition) is 2. The van der Waals surface area contributed by atoms with Gasteiger partial charge in [-0.15, -0.1) is 5.10 Å². The summed E-state index contributed by atoms with van der Waals surface area (Å²) in [5.74, 6) is 1.58. The van der Waals surface area contributed by atoms with Gasteiger partial charge in [-0.25, -0.2) is 0 Å². The van der Waals surface area contributed by atoms with E-state index in [1.54, 1.807) is 0 Å². The molecule has 0 spiro atoms. The number of piperazine rings is 1. The Kier molecular flexibility index (Phi) is 3.68. The summed E-state index contributed by atoms with van der Waals surface area (Å²) in [5, 5.41) is 15.3. The van der Waals surface area contributed by atoms with Gasteiger partial charge in [-0.3, -0.25) is 9.78 Å². The van der Waals surface area contributed by atoms with Crippen molar-refractivity contribution < 1.29 is 0 Å². The summed E-state index contributed by atoms with van der Waals surface area (Å²) >= 11 is 0. The molecule has 0 amide bonds. The predicted molar refractivity (Wildman–Crippen MR) is 77.7 cm³/mol. The maximum Gasteiger partial charge on any atom is 0.245 e. The molecule has 3 heterocycles. The van der Waals surface area contributed by atoms with Crippen LogP contribution in [0.25, 0.3) is 11.5 Å². The molecule has 0 unspecified atom stereocenters. The van der Waals surface area contributed by atoms with Crippen LogP contribution in [-0.4, -0.2) is 51.1 Å². The van der Waals surface area contributed by atoms with Crippen molar-refractivity contribution >= 4 is 5.95 Å². The van der Waals surface area contributed by atoms with E-state index < -0.39 is 0 Å². The molecule has 0 radical (unpaired) electrons. The molecule has 7 heteroatoms. The molecule has 1 aliphatic heterocycles. The number of nitrogens with zero attached hydrogens (tertiary/aromatic N) is 5. The van der Waals surface area contributed by atoms with Crippen molar-refractivity contribution in [3.8, 4) is 11.5 Å². The lowest BCUT2D eigenvalue weighted by Crippen LogP contribution is -2.44. The lowest BCUT2D eigenvalue weighted by molar-refractivity contribution is 0.580. The van der Waals surface area contributed by atoms with Crippen LogP contribution in [0.5, 0.6) is 0 Å². The first-order valence-electron chi connectivity index (χ1n) is 7.27. The quantitative estimate of drug-likeness (QED) is 0.857. The average molecular weight is 275 g/mol. The number of anilines is 1. The van der Waals surface area contributed by atoms with Crippen LogP contribution in [0.15, 0.2) is 6.07 Å². The van der Waals surface area contributed by atoms with Crippen LogP contribution in [0.1, 0.15) is 19.5 Å². The van der Waals surface area contributed by atoms with Crippen LogP contribution >= 0.6 is 0 Å². The highest BCUT2D eigenvalue weighted by molar-refractivity contribution is 5.52. The lowest BCUT2D eigenvalue weighted by Gasteiger charge is -2.25. The van der Waals surface area contributed by atoms with E-state index in [-0.39, 0.29) is 0 Å². The van der Waals surface area contributed by atoms with Crippen LogP contribution in [-0.2, 0) is 13.0 Å². The summed E-state index contributed by atoms with van der Waals surface area (Å²) in [7, 11) is 0. The van der Waals surface area contributed by atoms with Gasteiger partial charge in [0.05, 0.1) is 5.69 Å². The first-order valence-corrected chi connectivity index (χ1v) is 7.27. The summed E-state index contributed by atoms with van der Waals surface area (Å²) in [6.07, 6.45) is 0.929. The molecular formula is C13H21N7. The maximum absolute atomic E-state index is 4.63. The van der Waals surface area contributed by atoms with E-state index in [4.69, 9.17) is 0 Å². The highest BCUT2D eigenvalue weighted by Crippen LogP contribution is 2.19. The Balaban J connectivity index is 1.87. The van der Waals surface area contributed by atoms with Gasteiger partial charge < -0.3 is 10.2 Å². The summed E-state index contributed by atoms with van der Waals surface area (Å²) in [6, 6.07) is 2.09. The number of aromatic amines is 1. The second-order valence-corrected chi connectivity index (χ2v) is 4.91. The van der Waals surface area contributed by atoms with Crippen LogP contribution in [0, 0.1) is 0 Å². The van der Waals surface area contributed by atoms with E-state index in [9.17, 15) is 0 Å². The Labute approximate surface area is 118 Å². The van der Waals surface area contributed by atoms with Crippen LogP contribution in [0.4, 0.5) is 5.95 Å². The van der Waals surface area contributed by atoms with Gasteiger partial charge in [0.2, 0.25) is 5.95 Å². The topological polar surface area (TPSA) is 74.7 Å². The molecule has 1 saturated heterocycles. The van der Waals surface area contributed by atoms with Gasteiger partial charge in [-0.2, -0.15) is 10.1 Å². The normalized spacial score (nSPS) is 15.8. The molecule has 0 aliphatic carbocycles. The van der Waals surface area contributed by atoms with E-state index in [0.717, 1.165) is 62.3 Å². The number of H-pyrrole nitrogens is 1. The Morgan fingerprint density at radius 2 is 2.05 bits per heavy atom. The van der Waals surface area contributed by atoms with Gasteiger partial charge in [0.25, 0.3) is 0 Å². The maximum atomic E-state index is 4.63. The molecule has 1 aliphatic rings. The molecule has 1 fully saturated rings. The van der Waals surface area contributed by atoms with E-state index in [1.807, 2.05) is 4.68 Å².